The third-order valence-corrected chi connectivity index (χ3v) is 8.46. The van der Waals surface area contributed by atoms with Crippen molar-refractivity contribution in [3.63, 3.8) is 0 Å². The number of amides is 1. The van der Waals surface area contributed by atoms with E-state index in [9.17, 15) is 18.4 Å². The number of rotatable bonds is 7. The van der Waals surface area contributed by atoms with E-state index in [1.54, 1.807) is 17.6 Å². The highest BCUT2D eigenvalue weighted by Gasteiger charge is 2.42. The molecule has 0 unspecified atom stereocenters. The van der Waals surface area contributed by atoms with Gasteiger partial charge < -0.3 is 4.74 Å². The van der Waals surface area contributed by atoms with Crippen LogP contribution < -0.4 is 10.2 Å². The van der Waals surface area contributed by atoms with Crippen LogP contribution in [-0.4, -0.2) is 43.5 Å². The van der Waals surface area contributed by atoms with Gasteiger partial charge >= 0.3 is 0 Å². The second kappa shape index (κ2) is 11.0. The van der Waals surface area contributed by atoms with Crippen molar-refractivity contribution in [3.05, 3.63) is 84.4 Å². The van der Waals surface area contributed by atoms with E-state index in [1.165, 1.54) is 23.5 Å². The summed E-state index contributed by atoms with van der Waals surface area (Å²) in [4.78, 5) is 12.9. The molecule has 0 aromatic heterocycles. The molecule has 7 nitrogen and oxygen atoms in total. The lowest BCUT2D eigenvalue weighted by Crippen LogP contribution is -2.52. The molecule has 8 heteroatoms. The van der Waals surface area contributed by atoms with Crippen LogP contribution in [-0.2, 0) is 21.2 Å². The van der Waals surface area contributed by atoms with Crippen molar-refractivity contribution in [2.45, 2.75) is 36.6 Å². The van der Waals surface area contributed by atoms with E-state index < -0.39 is 22.0 Å². The maximum Gasteiger partial charge on any atom is 0.262 e. The van der Waals surface area contributed by atoms with Gasteiger partial charge in [-0.15, -0.1) is 0 Å². The molecule has 4 rings (SSSR count). The van der Waals surface area contributed by atoms with Gasteiger partial charge in [-0.25, -0.2) is 13.9 Å². The maximum absolute atomic E-state index is 13.6. The lowest BCUT2D eigenvalue weighted by Gasteiger charge is -2.32. The van der Waals surface area contributed by atoms with Gasteiger partial charge in [-0.3, -0.25) is 10.0 Å². The average molecular weight is 495 g/mol. The molecule has 2 N–H and O–H groups in total. The van der Waals surface area contributed by atoms with Crippen molar-refractivity contribution in [2.75, 3.05) is 13.7 Å². The molecule has 0 saturated carbocycles. The number of hydrogen-bond donors (Lipinski definition) is 2. The zero-order valence-electron chi connectivity index (χ0n) is 19.6. The van der Waals surface area contributed by atoms with Crippen LogP contribution in [0.5, 0.6) is 5.75 Å². The molecule has 1 heterocycles. The molecule has 3 aromatic carbocycles. The first kappa shape index (κ1) is 24.9. The van der Waals surface area contributed by atoms with E-state index in [2.05, 4.69) is 0 Å². The van der Waals surface area contributed by atoms with E-state index in [-0.39, 0.29) is 17.4 Å². The number of ether oxygens (including phenoxy) is 1. The van der Waals surface area contributed by atoms with E-state index in [0.29, 0.717) is 25.0 Å². The van der Waals surface area contributed by atoms with Gasteiger partial charge in [0.1, 0.15) is 11.8 Å². The zero-order chi connectivity index (χ0) is 24.8. The third kappa shape index (κ3) is 5.56. The highest BCUT2D eigenvalue weighted by atomic mass is 32.2. The minimum Gasteiger partial charge on any atom is -0.497 e. The Balaban J connectivity index is 1.62. The van der Waals surface area contributed by atoms with Gasteiger partial charge in [0.15, 0.2) is 0 Å². The first-order chi connectivity index (χ1) is 16.9. The average Bonchev–Trinajstić information content (AvgIpc) is 3.12. The van der Waals surface area contributed by atoms with E-state index in [1.807, 2.05) is 54.6 Å². The van der Waals surface area contributed by atoms with Crippen LogP contribution >= 0.6 is 0 Å². The van der Waals surface area contributed by atoms with Crippen LogP contribution in [0.4, 0.5) is 0 Å². The van der Waals surface area contributed by atoms with Crippen molar-refractivity contribution in [3.8, 4) is 16.9 Å². The van der Waals surface area contributed by atoms with Crippen molar-refractivity contribution in [2.24, 2.45) is 5.92 Å². The first-order valence-electron chi connectivity index (χ1n) is 11.7. The first-order valence-corrected chi connectivity index (χ1v) is 13.1. The second-order valence-corrected chi connectivity index (χ2v) is 10.6. The molecule has 1 aliphatic heterocycles. The number of nitrogens with zero attached hydrogens (tertiary/aromatic N) is 1. The Bertz CT molecular complexity index is 1230. The standard InChI is InChI=1S/C27H30N2O5S/c1-34-24-14-16-25(17-15-24)35(32,33)29-18-6-5-9-23(26(29)27(30)28-31)19-20-10-12-22(13-11-20)21-7-3-2-4-8-21/h2-4,7-8,10-17,23,26,31H,5-6,9,18-19H2,1H3,(H,28,30)/t23-,26+/m1/s1. The molecule has 3 aromatic rings. The smallest absolute Gasteiger partial charge is 0.262 e. The fourth-order valence-corrected chi connectivity index (χ4v) is 6.44. The molecule has 1 amide bonds. The number of carbonyl (C=O) groups excluding carboxylic acids is 1. The van der Waals surface area contributed by atoms with Gasteiger partial charge in [0.2, 0.25) is 10.0 Å². The van der Waals surface area contributed by atoms with Gasteiger partial charge in [0.05, 0.1) is 12.0 Å². The SMILES string of the molecule is COc1ccc(S(=O)(=O)N2CCCC[C@H](Cc3ccc(-c4ccccc4)cc3)[C@H]2C(=O)NO)cc1. The summed E-state index contributed by atoms with van der Waals surface area (Å²) in [6.07, 6.45) is 2.61. The van der Waals surface area contributed by atoms with Gasteiger partial charge in [-0.2, -0.15) is 4.31 Å². The van der Waals surface area contributed by atoms with Crippen molar-refractivity contribution < 1.29 is 23.2 Å². The molecule has 0 aliphatic carbocycles. The van der Waals surface area contributed by atoms with E-state index in [4.69, 9.17) is 4.74 Å². The Labute approximate surface area is 206 Å². The van der Waals surface area contributed by atoms with Crippen LogP contribution in [0.25, 0.3) is 11.1 Å². The molecular weight excluding hydrogens is 464 g/mol. The predicted octanol–water partition coefficient (Wildman–Crippen LogP) is 4.27. The number of methoxy groups -OCH3 is 1. The summed E-state index contributed by atoms with van der Waals surface area (Å²) >= 11 is 0. The topological polar surface area (TPSA) is 95.9 Å². The Morgan fingerprint density at radius 1 is 0.971 bits per heavy atom. The number of hydroxylamine groups is 1. The number of nitrogens with one attached hydrogen (secondary N) is 1. The quantitative estimate of drug-likeness (QED) is 0.378. The summed E-state index contributed by atoms with van der Waals surface area (Å²) < 4.78 is 33.6. The number of hydrogen-bond acceptors (Lipinski definition) is 5. The summed E-state index contributed by atoms with van der Waals surface area (Å²) in [6.45, 7) is 0.204. The second-order valence-electron chi connectivity index (χ2n) is 8.74. The molecule has 0 bridgehead atoms. The van der Waals surface area contributed by atoms with E-state index in [0.717, 1.165) is 23.1 Å². The summed E-state index contributed by atoms with van der Waals surface area (Å²) in [5, 5.41) is 9.51. The van der Waals surface area contributed by atoms with Crippen LogP contribution in [0.3, 0.4) is 0 Å². The minimum absolute atomic E-state index is 0.0851. The Kier molecular flexibility index (Phi) is 7.85. The van der Waals surface area contributed by atoms with E-state index >= 15 is 0 Å². The summed E-state index contributed by atoms with van der Waals surface area (Å²) in [5.74, 6) is -0.462. The number of carbonyl (C=O) groups is 1. The predicted molar refractivity (Wildman–Crippen MR) is 134 cm³/mol. The van der Waals surface area contributed by atoms with Gasteiger partial charge in [-0.05, 0) is 66.1 Å². The van der Waals surface area contributed by atoms with Crippen LogP contribution in [0.1, 0.15) is 24.8 Å². The molecule has 2 atom stereocenters. The highest BCUT2D eigenvalue weighted by Crippen LogP contribution is 2.32. The minimum atomic E-state index is -3.98. The third-order valence-electron chi connectivity index (χ3n) is 6.56. The summed E-state index contributed by atoms with van der Waals surface area (Å²) in [5.41, 5.74) is 4.92. The summed E-state index contributed by atoms with van der Waals surface area (Å²) in [7, 11) is -2.47. The maximum atomic E-state index is 13.6. The van der Waals surface area contributed by atoms with Crippen LogP contribution in [0.15, 0.2) is 83.8 Å². The molecule has 184 valence electrons. The molecule has 0 radical (unpaired) electrons. The van der Waals surface area contributed by atoms with Crippen molar-refractivity contribution >= 4 is 15.9 Å². The number of benzene rings is 3. The van der Waals surface area contributed by atoms with Crippen molar-refractivity contribution in [1.29, 1.82) is 0 Å². The molecular formula is C27H30N2O5S. The fraction of sp³-hybridized carbons (Fsp3) is 0.296. The number of sulfonamides is 1. The molecule has 35 heavy (non-hydrogen) atoms. The Morgan fingerprint density at radius 2 is 1.63 bits per heavy atom. The lowest BCUT2D eigenvalue weighted by atomic mass is 9.88. The zero-order valence-corrected chi connectivity index (χ0v) is 20.4. The van der Waals surface area contributed by atoms with Crippen LogP contribution in [0, 0.1) is 5.92 Å². The molecule has 1 fully saturated rings. The molecule has 1 aliphatic rings. The lowest BCUT2D eigenvalue weighted by molar-refractivity contribution is -0.134. The largest absolute Gasteiger partial charge is 0.497 e. The van der Waals surface area contributed by atoms with Gasteiger partial charge in [0.25, 0.3) is 5.91 Å². The summed E-state index contributed by atoms with van der Waals surface area (Å²) in [6, 6.07) is 23.2. The Hall–Kier alpha value is -3.20. The van der Waals surface area contributed by atoms with Crippen molar-refractivity contribution in [1.82, 2.24) is 9.79 Å². The Morgan fingerprint density at radius 3 is 2.26 bits per heavy atom. The van der Waals surface area contributed by atoms with Crippen LogP contribution in [0.2, 0.25) is 0 Å². The fourth-order valence-electron chi connectivity index (χ4n) is 4.75. The molecule has 0 spiro atoms. The monoisotopic (exact) mass is 494 g/mol. The normalized spacial score (nSPS) is 19.0. The van der Waals surface area contributed by atoms with Gasteiger partial charge in [0, 0.05) is 6.54 Å². The molecule has 1 saturated heterocycles. The van der Waals surface area contributed by atoms with Gasteiger partial charge in [-0.1, -0.05) is 61.0 Å². The highest BCUT2D eigenvalue weighted by molar-refractivity contribution is 7.89.